The Kier molecular flexibility index (Phi) is 4.45. The van der Waals surface area contributed by atoms with Crippen molar-refractivity contribution >= 4 is 17.6 Å². The fourth-order valence-corrected chi connectivity index (χ4v) is 2.91. The number of nitro benzene ring substituents is 1. The lowest BCUT2D eigenvalue weighted by molar-refractivity contribution is -0.384. The second-order valence-corrected chi connectivity index (χ2v) is 5.69. The summed E-state index contributed by atoms with van der Waals surface area (Å²) in [5.41, 5.74) is 0.0166. The number of hydrogen-bond acceptors (Lipinski definition) is 8. The average Bonchev–Trinajstić information content (AvgIpc) is 2.92. The molecular formula is C15H15NO8. The van der Waals surface area contributed by atoms with Crippen LogP contribution in [0.25, 0.3) is 0 Å². The number of carbonyl (C=O) groups excluding carboxylic acids is 2. The van der Waals surface area contributed by atoms with Gasteiger partial charge in [-0.15, -0.1) is 0 Å². The quantitative estimate of drug-likeness (QED) is 0.485. The number of non-ortho nitro benzene ring substituents is 1. The summed E-state index contributed by atoms with van der Waals surface area (Å²) in [7, 11) is 0. The number of esters is 2. The van der Waals surface area contributed by atoms with Crippen molar-refractivity contribution in [3.05, 3.63) is 39.9 Å². The Labute approximate surface area is 136 Å². The first kappa shape index (κ1) is 16.3. The standard InChI is InChI=1S/C15H15NO8/c17-12-5-9-6-13(18)24-14(9)11(23-12)7-22-15(19)8-1-3-10(4-2-8)16(20)21/h1-4,9,11-12,14,17H,5-7H2/t9-,11-,12?,14+/m1/s1. The molecule has 0 aliphatic carbocycles. The van der Waals surface area contributed by atoms with E-state index in [-0.39, 0.29) is 36.2 Å². The highest BCUT2D eigenvalue weighted by Gasteiger charge is 2.46. The lowest BCUT2D eigenvalue weighted by Gasteiger charge is -2.34. The highest BCUT2D eigenvalue weighted by atomic mass is 16.7. The third kappa shape index (κ3) is 3.36. The highest BCUT2D eigenvalue weighted by Crippen LogP contribution is 2.35. The van der Waals surface area contributed by atoms with Gasteiger partial charge in [0.05, 0.1) is 16.9 Å². The Bertz CT molecular complexity index is 658. The third-order valence-corrected chi connectivity index (χ3v) is 4.06. The van der Waals surface area contributed by atoms with Crippen molar-refractivity contribution < 1.29 is 33.8 Å². The molecule has 128 valence electrons. The molecule has 0 spiro atoms. The van der Waals surface area contributed by atoms with Crippen molar-refractivity contribution in [3.63, 3.8) is 0 Å². The van der Waals surface area contributed by atoms with Crippen molar-refractivity contribution in [2.75, 3.05) is 6.61 Å². The molecule has 0 bridgehead atoms. The first-order valence-electron chi connectivity index (χ1n) is 7.38. The molecule has 0 aromatic heterocycles. The van der Waals surface area contributed by atoms with Crippen LogP contribution in [-0.2, 0) is 19.0 Å². The van der Waals surface area contributed by atoms with E-state index in [2.05, 4.69) is 0 Å². The van der Waals surface area contributed by atoms with E-state index >= 15 is 0 Å². The predicted molar refractivity (Wildman–Crippen MR) is 76.9 cm³/mol. The molecule has 1 unspecified atom stereocenters. The van der Waals surface area contributed by atoms with Crippen LogP contribution in [0.5, 0.6) is 0 Å². The lowest BCUT2D eigenvalue weighted by atomic mass is 9.91. The maximum Gasteiger partial charge on any atom is 0.338 e. The van der Waals surface area contributed by atoms with Crippen LogP contribution >= 0.6 is 0 Å². The Morgan fingerprint density at radius 3 is 2.75 bits per heavy atom. The summed E-state index contributed by atoms with van der Waals surface area (Å²) in [6.07, 6.45) is -1.83. The van der Waals surface area contributed by atoms with Gasteiger partial charge in [-0.25, -0.2) is 4.79 Å². The van der Waals surface area contributed by atoms with Crippen LogP contribution in [0.1, 0.15) is 23.2 Å². The van der Waals surface area contributed by atoms with Gasteiger partial charge in [0.2, 0.25) is 0 Å². The molecule has 2 aliphatic heterocycles. The fraction of sp³-hybridized carbons (Fsp3) is 0.467. The smallest absolute Gasteiger partial charge is 0.338 e. The van der Waals surface area contributed by atoms with Gasteiger partial charge in [0.1, 0.15) is 18.8 Å². The van der Waals surface area contributed by atoms with Crippen molar-refractivity contribution in [2.45, 2.75) is 31.3 Å². The zero-order chi connectivity index (χ0) is 17.3. The van der Waals surface area contributed by atoms with Gasteiger partial charge < -0.3 is 19.3 Å². The van der Waals surface area contributed by atoms with Crippen molar-refractivity contribution in [3.8, 4) is 0 Å². The summed E-state index contributed by atoms with van der Waals surface area (Å²) >= 11 is 0. The largest absolute Gasteiger partial charge is 0.459 e. The molecule has 1 N–H and O–H groups in total. The molecule has 1 aromatic carbocycles. The van der Waals surface area contributed by atoms with Crippen LogP contribution < -0.4 is 0 Å². The molecule has 9 nitrogen and oxygen atoms in total. The first-order chi connectivity index (χ1) is 11.4. The average molecular weight is 337 g/mol. The number of aliphatic hydroxyl groups is 1. The minimum Gasteiger partial charge on any atom is -0.459 e. The van der Waals surface area contributed by atoms with Crippen molar-refractivity contribution in [2.24, 2.45) is 5.92 Å². The summed E-state index contributed by atoms with van der Waals surface area (Å²) < 4.78 is 15.6. The SMILES string of the molecule is O=C1C[C@H]2CC(O)O[C@H](COC(=O)c3ccc([N+](=O)[O-])cc3)[C@H]2O1. The predicted octanol–water partition coefficient (Wildman–Crippen LogP) is 0.791. The first-order valence-corrected chi connectivity index (χ1v) is 7.38. The number of nitro groups is 1. The molecule has 2 fully saturated rings. The molecule has 0 radical (unpaired) electrons. The van der Waals surface area contributed by atoms with Gasteiger partial charge >= 0.3 is 11.9 Å². The topological polar surface area (TPSA) is 125 Å². The number of benzene rings is 1. The number of nitrogens with zero attached hydrogens (tertiary/aromatic N) is 1. The molecule has 0 amide bonds. The van der Waals surface area contributed by atoms with E-state index in [1.54, 1.807) is 0 Å². The number of rotatable bonds is 4. The van der Waals surface area contributed by atoms with Gasteiger partial charge in [-0.05, 0) is 12.1 Å². The number of aliphatic hydroxyl groups excluding tert-OH is 1. The highest BCUT2D eigenvalue weighted by molar-refractivity contribution is 5.89. The van der Waals surface area contributed by atoms with E-state index in [0.717, 1.165) is 0 Å². The van der Waals surface area contributed by atoms with Crippen LogP contribution in [0.2, 0.25) is 0 Å². The second kappa shape index (κ2) is 6.54. The summed E-state index contributed by atoms with van der Waals surface area (Å²) in [5.74, 6) is -1.21. The van der Waals surface area contributed by atoms with Gasteiger partial charge in [0.15, 0.2) is 6.29 Å². The minimum absolute atomic E-state index is 0.133. The van der Waals surface area contributed by atoms with Gasteiger partial charge in [-0.3, -0.25) is 14.9 Å². The lowest BCUT2D eigenvalue weighted by Crippen LogP contribution is -2.46. The van der Waals surface area contributed by atoms with E-state index in [4.69, 9.17) is 14.2 Å². The van der Waals surface area contributed by atoms with Crippen LogP contribution in [0.3, 0.4) is 0 Å². The van der Waals surface area contributed by atoms with Gasteiger partial charge in [-0.2, -0.15) is 0 Å². The number of fused-ring (bicyclic) bond motifs is 1. The molecule has 2 saturated heterocycles. The Morgan fingerprint density at radius 2 is 2.08 bits per heavy atom. The summed E-state index contributed by atoms with van der Waals surface area (Å²) in [6.45, 7) is -0.193. The Hall–Kier alpha value is -2.52. The third-order valence-electron chi connectivity index (χ3n) is 4.06. The van der Waals surface area contributed by atoms with Crippen LogP contribution in [0, 0.1) is 16.0 Å². The van der Waals surface area contributed by atoms with E-state index in [9.17, 15) is 24.8 Å². The molecule has 9 heteroatoms. The minimum atomic E-state index is -1.04. The second-order valence-electron chi connectivity index (χ2n) is 5.69. The number of carbonyl (C=O) groups is 2. The monoisotopic (exact) mass is 337 g/mol. The zero-order valence-corrected chi connectivity index (χ0v) is 12.5. The van der Waals surface area contributed by atoms with Crippen molar-refractivity contribution in [1.82, 2.24) is 0 Å². The van der Waals surface area contributed by atoms with Crippen LogP contribution in [-0.4, -0.2) is 47.1 Å². The Balaban J connectivity index is 1.60. The van der Waals surface area contributed by atoms with E-state index in [1.165, 1.54) is 24.3 Å². The molecule has 4 atom stereocenters. The van der Waals surface area contributed by atoms with E-state index in [1.807, 2.05) is 0 Å². The molecule has 0 saturated carbocycles. The molecule has 2 aliphatic rings. The molecule has 24 heavy (non-hydrogen) atoms. The number of hydrogen-bond donors (Lipinski definition) is 1. The summed E-state index contributed by atoms with van der Waals surface area (Å²) in [5, 5.41) is 20.3. The fourth-order valence-electron chi connectivity index (χ4n) is 2.91. The van der Waals surface area contributed by atoms with Gasteiger partial charge in [-0.1, -0.05) is 0 Å². The molecular weight excluding hydrogens is 322 g/mol. The van der Waals surface area contributed by atoms with Gasteiger partial charge in [0.25, 0.3) is 5.69 Å². The molecule has 2 heterocycles. The maximum atomic E-state index is 12.0. The number of ether oxygens (including phenoxy) is 3. The van der Waals surface area contributed by atoms with Crippen molar-refractivity contribution in [1.29, 1.82) is 0 Å². The van der Waals surface area contributed by atoms with E-state index in [0.29, 0.717) is 6.42 Å². The zero-order valence-electron chi connectivity index (χ0n) is 12.5. The Morgan fingerprint density at radius 1 is 1.38 bits per heavy atom. The van der Waals surface area contributed by atoms with Crippen LogP contribution in [0.4, 0.5) is 5.69 Å². The van der Waals surface area contributed by atoms with E-state index < -0.39 is 29.4 Å². The molecule has 3 rings (SSSR count). The summed E-state index contributed by atoms with van der Waals surface area (Å²) in [4.78, 5) is 33.4. The van der Waals surface area contributed by atoms with Gasteiger partial charge in [0, 0.05) is 24.5 Å². The summed E-state index contributed by atoms with van der Waals surface area (Å²) in [6, 6.07) is 4.98. The normalized spacial score (nSPS) is 28.8. The molecule has 1 aromatic rings. The maximum absolute atomic E-state index is 12.0. The van der Waals surface area contributed by atoms with Crippen LogP contribution in [0.15, 0.2) is 24.3 Å².